The Labute approximate surface area is 203 Å². The van der Waals surface area contributed by atoms with E-state index < -0.39 is 49.3 Å². The van der Waals surface area contributed by atoms with Crippen LogP contribution in [0.15, 0.2) is 48.5 Å². The summed E-state index contributed by atoms with van der Waals surface area (Å²) < 4.78 is 62.9. The number of alkyl halides is 5. The van der Waals surface area contributed by atoms with Crippen LogP contribution >= 0.6 is 0 Å². The fraction of sp³-hybridized carbons (Fsp3) is 0.400. The summed E-state index contributed by atoms with van der Waals surface area (Å²) in [5, 5.41) is 4.47. The van der Waals surface area contributed by atoms with Crippen molar-refractivity contribution < 1.29 is 36.3 Å². The van der Waals surface area contributed by atoms with E-state index in [9.17, 15) is 36.3 Å². The molecule has 0 radical (unpaired) electrons. The Bertz CT molecular complexity index is 1160. The number of amides is 3. The number of rotatable bonds is 8. The van der Waals surface area contributed by atoms with Crippen LogP contribution in [0.1, 0.15) is 37.3 Å². The molecule has 1 aliphatic heterocycles. The molecule has 1 fully saturated rings. The summed E-state index contributed by atoms with van der Waals surface area (Å²) in [7, 11) is 0. The van der Waals surface area contributed by atoms with Crippen LogP contribution in [0.3, 0.4) is 0 Å². The minimum atomic E-state index is -5.73. The smallest absolute Gasteiger partial charge is 0.355 e. The number of halogens is 5. The number of benzene rings is 2. The first kappa shape index (κ1) is 25.6. The van der Waals surface area contributed by atoms with Crippen molar-refractivity contribution in [3.05, 3.63) is 54.1 Å². The van der Waals surface area contributed by atoms with E-state index >= 15 is 0 Å². The third kappa shape index (κ3) is 5.50. The van der Waals surface area contributed by atoms with Gasteiger partial charge in [0.15, 0.2) is 0 Å². The maximum atomic E-state index is 13.7. The molecule has 6 nitrogen and oxygen atoms in total. The van der Waals surface area contributed by atoms with Gasteiger partial charge in [-0.25, -0.2) is 0 Å². The van der Waals surface area contributed by atoms with Crippen LogP contribution in [0.5, 0.6) is 0 Å². The molecule has 0 saturated heterocycles. The van der Waals surface area contributed by atoms with Gasteiger partial charge in [-0.1, -0.05) is 42.5 Å². The zero-order valence-corrected chi connectivity index (χ0v) is 19.1. The first-order valence-electron chi connectivity index (χ1n) is 11.5. The quantitative estimate of drug-likeness (QED) is 0.410. The lowest BCUT2D eigenvalue weighted by Gasteiger charge is -2.26. The third-order valence-corrected chi connectivity index (χ3v) is 6.21. The number of fused-ring (bicyclic) bond motifs is 3. The molecule has 0 spiro atoms. The Morgan fingerprint density at radius 1 is 0.917 bits per heavy atom. The van der Waals surface area contributed by atoms with E-state index in [-0.39, 0.29) is 5.91 Å². The molecule has 0 bridgehead atoms. The van der Waals surface area contributed by atoms with E-state index in [0.717, 1.165) is 24.0 Å². The van der Waals surface area contributed by atoms with E-state index in [0.29, 0.717) is 23.7 Å². The first-order valence-corrected chi connectivity index (χ1v) is 11.5. The van der Waals surface area contributed by atoms with E-state index in [2.05, 4.69) is 5.32 Å². The minimum absolute atomic E-state index is 0.347. The molecule has 3 amide bonds. The van der Waals surface area contributed by atoms with Gasteiger partial charge in [0.1, 0.15) is 12.5 Å². The van der Waals surface area contributed by atoms with Gasteiger partial charge in [0, 0.05) is 25.1 Å². The molecule has 0 unspecified atom stereocenters. The summed E-state index contributed by atoms with van der Waals surface area (Å²) in [6.07, 6.45) is -6.23. The van der Waals surface area contributed by atoms with Crippen LogP contribution in [-0.4, -0.2) is 42.9 Å². The van der Waals surface area contributed by atoms with Crippen molar-refractivity contribution >= 4 is 23.4 Å². The van der Waals surface area contributed by atoms with Gasteiger partial charge in [-0.3, -0.25) is 14.4 Å². The van der Waals surface area contributed by atoms with Crippen molar-refractivity contribution in [2.45, 2.75) is 43.8 Å². The number of nitrogens with one attached hydrogen (secondary N) is 2. The Morgan fingerprint density at radius 3 is 2.22 bits per heavy atom. The zero-order chi connectivity index (χ0) is 26.1. The summed E-state index contributed by atoms with van der Waals surface area (Å²) >= 11 is 0. The predicted octanol–water partition coefficient (Wildman–Crippen LogP) is 4.36. The van der Waals surface area contributed by atoms with E-state index in [1.54, 1.807) is 23.1 Å². The van der Waals surface area contributed by atoms with Crippen LogP contribution in [-0.2, 0) is 14.4 Å². The first-order chi connectivity index (χ1) is 17.0. The lowest BCUT2D eigenvalue weighted by molar-refractivity contribution is -0.283. The standard InChI is InChI=1S/C25H24F5N3O3/c26-24(27,25(28,29)30)11-12-31-20(34)13-21(35)32-22-18-7-2-1-5-16(18)17-6-3-4-8-19(17)33(23(22)36)14-15-9-10-15/h1-8,15,22H,9-14H2,(H,31,34)(H,32,35)/t22-/m0/s1. The molecule has 2 aliphatic rings. The fourth-order valence-electron chi connectivity index (χ4n) is 4.15. The molecular formula is C25H24F5N3O3. The minimum Gasteiger partial charge on any atom is -0.355 e. The molecule has 11 heteroatoms. The van der Waals surface area contributed by atoms with Crippen LogP contribution in [0, 0.1) is 5.92 Å². The Morgan fingerprint density at radius 2 is 1.56 bits per heavy atom. The van der Waals surface area contributed by atoms with Crippen molar-refractivity contribution in [2.24, 2.45) is 5.92 Å². The predicted molar refractivity (Wildman–Crippen MR) is 121 cm³/mol. The van der Waals surface area contributed by atoms with Gasteiger partial charge in [-0.15, -0.1) is 0 Å². The highest BCUT2D eigenvalue weighted by Gasteiger charge is 2.56. The number of para-hydroxylation sites is 1. The van der Waals surface area contributed by atoms with Gasteiger partial charge in [0.2, 0.25) is 11.8 Å². The largest absolute Gasteiger partial charge is 0.453 e. The van der Waals surface area contributed by atoms with Gasteiger partial charge in [-0.2, -0.15) is 22.0 Å². The van der Waals surface area contributed by atoms with Crippen molar-refractivity contribution in [2.75, 3.05) is 18.0 Å². The van der Waals surface area contributed by atoms with E-state index in [1.165, 1.54) is 0 Å². The normalized spacial score (nSPS) is 17.6. The number of carbonyl (C=O) groups excluding carboxylic acids is 3. The average Bonchev–Trinajstić information content (AvgIpc) is 3.64. The summed E-state index contributed by atoms with van der Waals surface area (Å²) in [6, 6.07) is 13.3. The van der Waals surface area contributed by atoms with Gasteiger partial charge in [-0.05, 0) is 36.0 Å². The maximum Gasteiger partial charge on any atom is 0.453 e. The number of carbonyl (C=O) groups is 3. The zero-order valence-electron chi connectivity index (χ0n) is 19.1. The summed E-state index contributed by atoms with van der Waals surface area (Å²) in [4.78, 5) is 40.0. The molecule has 192 valence electrons. The number of nitrogens with zero attached hydrogens (tertiary/aromatic N) is 1. The lowest BCUT2D eigenvalue weighted by atomic mass is 9.95. The van der Waals surface area contributed by atoms with Gasteiger partial charge >= 0.3 is 12.1 Å². The van der Waals surface area contributed by atoms with Crippen LogP contribution in [0.4, 0.5) is 27.6 Å². The highest BCUT2D eigenvalue weighted by molar-refractivity contribution is 6.07. The second-order valence-corrected chi connectivity index (χ2v) is 8.98. The third-order valence-electron chi connectivity index (χ3n) is 6.21. The lowest BCUT2D eigenvalue weighted by Crippen LogP contribution is -2.44. The number of hydrogen-bond acceptors (Lipinski definition) is 3. The molecule has 36 heavy (non-hydrogen) atoms. The van der Waals surface area contributed by atoms with Crippen LogP contribution in [0.25, 0.3) is 11.1 Å². The highest BCUT2D eigenvalue weighted by Crippen LogP contribution is 2.42. The molecule has 1 heterocycles. The molecule has 0 aromatic heterocycles. The molecular weight excluding hydrogens is 485 g/mol. The summed E-state index contributed by atoms with van der Waals surface area (Å²) in [5.74, 6) is -6.88. The van der Waals surface area contributed by atoms with Crippen molar-refractivity contribution in [3.8, 4) is 11.1 Å². The highest BCUT2D eigenvalue weighted by atomic mass is 19.4. The average molecular weight is 509 g/mol. The Kier molecular flexibility index (Phi) is 7.01. The van der Waals surface area contributed by atoms with Crippen molar-refractivity contribution in [3.63, 3.8) is 0 Å². The monoisotopic (exact) mass is 509 g/mol. The molecule has 2 N–H and O–H groups in total. The van der Waals surface area contributed by atoms with Gasteiger partial charge in [0.25, 0.3) is 5.91 Å². The number of anilines is 1. The Hall–Kier alpha value is -3.50. The van der Waals surface area contributed by atoms with Gasteiger partial charge < -0.3 is 15.5 Å². The molecule has 1 saturated carbocycles. The molecule has 1 aliphatic carbocycles. The summed E-state index contributed by atoms with van der Waals surface area (Å²) in [5.41, 5.74) is 2.81. The van der Waals surface area contributed by atoms with Crippen LogP contribution < -0.4 is 15.5 Å². The van der Waals surface area contributed by atoms with Crippen molar-refractivity contribution in [1.29, 1.82) is 0 Å². The second kappa shape index (κ2) is 9.87. The maximum absolute atomic E-state index is 13.7. The molecule has 1 atom stereocenters. The topological polar surface area (TPSA) is 78.5 Å². The summed E-state index contributed by atoms with van der Waals surface area (Å²) in [6.45, 7) is -0.488. The van der Waals surface area contributed by atoms with E-state index in [1.807, 2.05) is 35.6 Å². The molecule has 2 aromatic carbocycles. The van der Waals surface area contributed by atoms with Gasteiger partial charge in [0.05, 0.1) is 5.69 Å². The Balaban J connectivity index is 1.49. The van der Waals surface area contributed by atoms with Crippen molar-refractivity contribution in [1.82, 2.24) is 10.6 Å². The second-order valence-electron chi connectivity index (χ2n) is 8.98. The van der Waals surface area contributed by atoms with E-state index in [4.69, 9.17) is 0 Å². The molecule has 4 rings (SSSR count). The molecule has 2 aromatic rings. The SMILES string of the molecule is O=C(CC(=O)N[C@@H]1C(=O)N(CC2CC2)c2ccccc2-c2ccccc21)NCCC(F)(F)C(F)(F)F. The van der Waals surface area contributed by atoms with Crippen LogP contribution in [0.2, 0.25) is 0 Å². The number of hydrogen-bond donors (Lipinski definition) is 2. The fourth-order valence-corrected chi connectivity index (χ4v) is 4.15.